The average molecular weight is 220 g/mol. The summed E-state index contributed by atoms with van der Waals surface area (Å²) < 4.78 is 5.69. The van der Waals surface area contributed by atoms with Crippen LogP contribution in [0.2, 0.25) is 0 Å². The van der Waals surface area contributed by atoms with Crippen molar-refractivity contribution in [3.8, 4) is 5.75 Å². The zero-order chi connectivity index (χ0) is 11.4. The summed E-state index contributed by atoms with van der Waals surface area (Å²) in [4.78, 5) is 0. The molecule has 0 fully saturated rings. The van der Waals surface area contributed by atoms with Crippen LogP contribution in [0.1, 0.15) is 49.8 Å². The summed E-state index contributed by atoms with van der Waals surface area (Å²) in [5.74, 6) is 0.948. The number of ether oxygens (including phenoxy) is 1. The summed E-state index contributed by atoms with van der Waals surface area (Å²) in [6.45, 7) is 2.99. The largest absolute Gasteiger partial charge is 0.494 e. The minimum absolute atomic E-state index is 0.260. The van der Waals surface area contributed by atoms with Gasteiger partial charge in [-0.15, -0.1) is 0 Å². The molecule has 0 saturated heterocycles. The lowest BCUT2D eigenvalue weighted by Crippen LogP contribution is -1.98. The molecule has 0 bridgehead atoms. The number of benzene rings is 1. The van der Waals surface area contributed by atoms with Crippen molar-refractivity contribution in [2.24, 2.45) is 0 Å². The summed E-state index contributed by atoms with van der Waals surface area (Å²) in [6, 6.07) is 6.05. The SMILES string of the molecule is CCCCCOc1ccc2c(c1)CCC2O. The number of rotatable bonds is 5. The minimum atomic E-state index is -0.260. The van der Waals surface area contributed by atoms with E-state index in [0.717, 1.165) is 37.2 Å². The zero-order valence-electron chi connectivity index (χ0n) is 9.91. The van der Waals surface area contributed by atoms with Gasteiger partial charge in [0.15, 0.2) is 0 Å². The highest BCUT2D eigenvalue weighted by atomic mass is 16.5. The number of aryl methyl sites for hydroxylation is 1. The molecule has 2 heteroatoms. The lowest BCUT2D eigenvalue weighted by molar-refractivity contribution is 0.180. The number of hydrogen-bond acceptors (Lipinski definition) is 2. The summed E-state index contributed by atoms with van der Waals surface area (Å²) in [5, 5.41) is 9.68. The van der Waals surface area contributed by atoms with Crippen molar-refractivity contribution in [3.63, 3.8) is 0 Å². The molecule has 0 spiro atoms. The maximum Gasteiger partial charge on any atom is 0.119 e. The molecule has 0 amide bonds. The van der Waals surface area contributed by atoms with Gasteiger partial charge in [0, 0.05) is 0 Å². The Kier molecular flexibility index (Phi) is 3.83. The van der Waals surface area contributed by atoms with E-state index in [9.17, 15) is 5.11 Å². The highest BCUT2D eigenvalue weighted by Crippen LogP contribution is 2.33. The molecule has 1 atom stereocenters. The second-order valence-corrected chi connectivity index (χ2v) is 4.47. The molecule has 2 rings (SSSR count). The Balaban J connectivity index is 1.92. The van der Waals surface area contributed by atoms with Crippen LogP contribution in [0.4, 0.5) is 0 Å². The molecule has 0 heterocycles. The first-order valence-corrected chi connectivity index (χ1v) is 6.25. The summed E-state index contributed by atoms with van der Waals surface area (Å²) >= 11 is 0. The molecule has 1 aromatic carbocycles. The maximum atomic E-state index is 9.68. The van der Waals surface area contributed by atoms with E-state index in [1.54, 1.807) is 0 Å². The van der Waals surface area contributed by atoms with Crippen LogP contribution >= 0.6 is 0 Å². The van der Waals surface area contributed by atoms with Crippen LogP contribution in [-0.4, -0.2) is 11.7 Å². The Morgan fingerprint density at radius 1 is 1.38 bits per heavy atom. The maximum absolute atomic E-state index is 9.68. The zero-order valence-corrected chi connectivity index (χ0v) is 9.91. The van der Waals surface area contributed by atoms with E-state index in [-0.39, 0.29) is 6.10 Å². The van der Waals surface area contributed by atoms with Crippen molar-refractivity contribution in [1.82, 2.24) is 0 Å². The summed E-state index contributed by atoms with van der Waals surface area (Å²) in [7, 11) is 0. The van der Waals surface area contributed by atoms with E-state index in [1.165, 1.54) is 18.4 Å². The van der Waals surface area contributed by atoms with Crippen molar-refractivity contribution >= 4 is 0 Å². The molecule has 2 nitrogen and oxygen atoms in total. The number of fused-ring (bicyclic) bond motifs is 1. The van der Waals surface area contributed by atoms with E-state index in [0.29, 0.717) is 0 Å². The molecule has 0 aliphatic heterocycles. The summed E-state index contributed by atoms with van der Waals surface area (Å²) in [6.07, 6.45) is 5.14. The Morgan fingerprint density at radius 3 is 3.06 bits per heavy atom. The van der Waals surface area contributed by atoms with Crippen molar-refractivity contribution in [3.05, 3.63) is 29.3 Å². The van der Waals surface area contributed by atoms with E-state index >= 15 is 0 Å². The Hall–Kier alpha value is -1.02. The van der Waals surface area contributed by atoms with Crippen LogP contribution in [0.25, 0.3) is 0 Å². The van der Waals surface area contributed by atoms with Gasteiger partial charge in [0.1, 0.15) is 5.75 Å². The fraction of sp³-hybridized carbons (Fsp3) is 0.571. The smallest absolute Gasteiger partial charge is 0.119 e. The van der Waals surface area contributed by atoms with E-state index in [2.05, 4.69) is 13.0 Å². The first-order chi connectivity index (χ1) is 7.81. The quantitative estimate of drug-likeness (QED) is 0.772. The van der Waals surface area contributed by atoms with Crippen molar-refractivity contribution in [2.45, 2.75) is 45.1 Å². The van der Waals surface area contributed by atoms with Gasteiger partial charge in [0.25, 0.3) is 0 Å². The lowest BCUT2D eigenvalue weighted by atomic mass is 10.1. The third-order valence-electron chi connectivity index (χ3n) is 3.18. The molecule has 88 valence electrons. The van der Waals surface area contributed by atoms with Gasteiger partial charge in [-0.25, -0.2) is 0 Å². The second-order valence-electron chi connectivity index (χ2n) is 4.47. The molecule has 0 aromatic heterocycles. The monoisotopic (exact) mass is 220 g/mol. The van der Waals surface area contributed by atoms with Crippen LogP contribution in [0, 0.1) is 0 Å². The van der Waals surface area contributed by atoms with Gasteiger partial charge in [-0.05, 0) is 42.5 Å². The molecule has 1 N–H and O–H groups in total. The first-order valence-electron chi connectivity index (χ1n) is 6.25. The van der Waals surface area contributed by atoms with E-state index in [4.69, 9.17) is 4.74 Å². The van der Waals surface area contributed by atoms with Crippen LogP contribution < -0.4 is 4.74 Å². The average Bonchev–Trinajstić information content (AvgIpc) is 2.66. The summed E-state index contributed by atoms with van der Waals surface area (Å²) in [5.41, 5.74) is 2.33. The predicted octanol–water partition coefficient (Wildman–Crippen LogP) is 3.24. The normalized spacial score (nSPS) is 18.5. The number of hydrogen-bond donors (Lipinski definition) is 1. The minimum Gasteiger partial charge on any atom is -0.494 e. The van der Waals surface area contributed by atoms with Crippen molar-refractivity contribution in [2.75, 3.05) is 6.61 Å². The third kappa shape index (κ3) is 2.56. The fourth-order valence-electron chi connectivity index (χ4n) is 2.20. The number of unbranched alkanes of at least 4 members (excludes halogenated alkanes) is 2. The van der Waals surface area contributed by atoms with Crippen LogP contribution in [-0.2, 0) is 6.42 Å². The molecule has 16 heavy (non-hydrogen) atoms. The Morgan fingerprint density at radius 2 is 2.25 bits per heavy atom. The lowest BCUT2D eigenvalue weighted by Gasteiger charge is -2.08. The fourth-order valence-corrected chi connectivity index (χ4v) is 2.20. The van der Waals surface area contributed by atoms with Gasteiger partial charge in [0.2, 0.25) is 0 Å². The molecular formula is C14H20O2. The predicted molar refractivity (Wildman–Crippen MR) is 64.7 cm³/mol. The van der Waals surface area contributed by atoms with Gasteiger partial charge in [-0.3, -0.25) is 0 Å². The van der Waals surface area contributed by atoms with Gasteiger partial charge in [-0.1, -0.05) is 25.8 Å². The molecule has 0 radical (unpaired) electrons. The molecular weight excluding hydrogens is 200 g/mol. The van der Waals surface area contributed by atoms with Crippen molar-refractivity contribution in [1.29, 1.82) is 0 Å². The molecule has 1 unspecified atom stereocenters. The molecule has 1 aliphatic carbocycles. The third-order valence-corrected chi connectivity index (χ3v) is 3.18. The van der Waals surface area contributed by atoms with Crippen LogP contribution in [0.3, 0.4) is 0 Å². The van der Waals surface area contributed by atoms with Crippen molar-refractivity contribution < 1.29 is 9.84 Å². The van der Waals surface area contributed by atoms with E-state index < -0.39 is 0 Å². The number of aliphatic hydroxyl groups excluding tert-OH is 1. The van der Waals surface area contributed by atoms with Crippen LogP contribution in [0.15, 0.2) is 18.2 Å². The first kappa shape index (κ1) is 11.5. The standard InChI is InChI=1S/C14H20O2/c1-2-3-4-9-16-12-6-7-13-11(10-12)5-8-14(13)15/h6-7,10,14-15H,2-5,8-9H2,1H3. The Labute approximate surface area is 97.3 Å². The molecule has 0 saturated carbocycles. The molecule has 1 aliphatic rings. The van der Waals surface area contributed by atoms with E-state index in [1.807, 2.05) is 12.1 Å². The van der Waals surface area contributed by atoms with Gasteiger partial charge in [-0.2, -0.15) is 0 Å². The highest BCUT2D eigenvalue weighted by molar-refractivity contribution is 5.39. The second kappa shape index (κ2) is 5.35. The van der Waals surface area contributed by atoms with Gasteiger partial charge >= 0.3 is 0 Å². The van der Waals surface area contributed by atoms with Gasteiger partial charge in [0.05, 0.1) is 12.7 Å². The Bertz CT molecular complexity index is 347. The topological polar surface area (TPSA) is 29.5 Å². The number of aliphatic hydroxyl groups is 1. The van der Waals surface area contributed by atoms with Gasteiger partial charge < -0.3 is 9.84 Å². The highest BCUT2D eigenvalue weighted by Gasteiger charge is 2.20. The van der Waals surface area contributed by atoms with Crippen LogP contribution in [0.5, 0.6) is 5.75 Å². The molecule has 1 aromatic rings.